The van der Waals surface area contributed by atoms with Crippen molar-refractivity contribution < 1.29 is 9.53 Å². The number of carbonyl (C=O) groups excluding carboxylic acids is 1. The highest BCUT2D eigenvalue weighted by molar-refractivity contribution is 6.02. The third kappa shape index (κ3) is 4.19. The molecule has 0 saturated heterocycles. The summed E-state index contributed by atoms with van der Waals surface area (Å²) in [6.45, 7) is 2.31. The third-order valence-corrected chi connectivity index (χ3v) is 5.39. The first-order valence-corrected chi connectivity index (χ1v) is 9.70. The maximum absolute atomic E-state index is 12.6. The van der Waals surface area contributed by atoms with Gasteiger partial charge in [0.1, 0.15) is 5.69 Å². The van der Waals surface area contributed by atoms with E-state index in [1.807, 2.05) is 25.4 Å². The molecule has 1 fully saturated rings. The van der Waals surface area contributed by atoms with Crippen LogP contribution in [0.15, 0.2) is 24.5 Å². The molecule has 3 aromatic rings. The van der Waals surface area contributed by atoms with E-state index in [1.165, 1.54) is 0 Å². The maximum Gasteiger partial charge on any atom is 0.275 e. The summed E-state index contributed by atoms with van der Waals surface area (Å²) in [6.07, 6.45) is 6.82. The number of ether oxygens (including phenoxy) is 1. The predicted octanol–water partition coefficient (Wildman–Crippen LogP) is 2.69. The number of nitrogens with one attached hydrogen (secondary N) is 2. The summed E-state index contributed by atoms with van der Waals surface area (Å²) in [7, 11) is 3.33. The van der Waals surface area contributed by atoms with E-state index in [4.69, 9.17) is 4.74 Å². The van der Waals surface area contributed by atoms with Gasteiger partial charge in [0.15, 0.2) is 5.82 Å². The van der Waals surface area contributed by atoms with Crippen LogP contribution in [0, 0.1) is 6.92 Å². The van der Waals surface area contributed by atoms with Crippen molar-refractivity contribution in [3.8, 4) is 0 Å². The molecule has 9 heteroatoms. The zero-order chi connectivity index (χ0) is 20.4. The van der Waals surface area contributed by atoms with E-state index in [2.05, 4.69) is 30.6 Å². The number of aromatic amines is 1. The van der Waals surface area contributed by atoms with Crippen LogP contribution in [0.25, 0.3) is 0 Å². The lowest BCUT2D eigenvalue weighted by Crippen LogP contribution is -2.16. The van der Waals surface area contributed by atoms with Crippen molar-refractivity contribution >= 4 is 11.7 Å². The topological polar surface area (TPSA) is 111 Å². The molecule has 0 spiro atoms. The molecule has 9 nitrogen and oxygen atoms in total. The molecule has 0 radical (unpaired) electrons. The molecule has 3 aromatic heterocycles. The Morgan fingerprint density at radius 1 is 1.28 bits per heavy atom. The molecule has 1 saturated carbocycles. The van der Waals surface area contributed by atoms with Crippen molar-refractivity contribution in [3.63, 3.8) is 0 Å². The van der Waals surface area contributed by atoms with E-state index in [1.54, 1.807) is 24.9 Å². The standard InChI is InChI=1S/C20H25N7O2/c1-12-9-22-17(10-21-12)14-5-4-13(6-14)16-8-19(25-24-16)23-20(28)18-7-15(11-29-3)26-27(18)2/h7-10,13-14H,4-6,11H2,1-3H3,(H2,23,24,25,28)/t13-,14+/m1/s1. The molecule has 152 valence electrons. The second-order valence-corrected chi connectivity index (χ2v) is 7.53. The fourth-order valence-electron chi connectivity index (χ4n) is 3.89. The molecule has 29 heavy (non-hydrogen) atoms. The highest BCUT2D eigenvalue weighted by Gasteiger charge is 2.29. The minimum absolute atomic E-state index is 0.250. The lowest BCUT2D eigenvalue weighted by Gasteiger charge is -2.09. The number of hydrogen-bond donors (Lipinski definition) is 2. The molecule has 4 rings (SSSR count). The van der Waals surface area contributed by atoms with Gasteiger partial charge in [0.05, 0.1) is 23.7 Å². The molecular formula is C20H25N7O2. The Hall–Kier alpha value is -3.07. The number of carbonyl (C=O) groups is 1. The molecule has 0 unspecified atom stereocenters. The predicted molar refractivity (Wildman–Crippen MR) is 107 cm³/mol. The number of methoxy groups -OCH3 is 1. The lowest BCUT2D eigenvalue weighted by molar-refractivity contribution is 0.101. The van der Waals surface area contributed by atoms with Crippen molar-refractivity contribution in [1.29, 1.82) is 0 Å². The van der Waals surface area contributed by atoms with Crippen LogP contribution in [0.5, 0.6) is 0 Å². The van der Waals surface area contributed by atoms with Crippen LogP contribution in [-0.2, 0) is 18.4 Å². The van der Waals surface area contributed by atoms with Gasteiger partial charge in [-0.1, -0.05) is 0 Å². The summed E-state index contributed by atoms with van der Waals surface area (Å²) in [5.74, 6) is 1.03. The number of aromatic nitrogens is 6. The molecule has 0 aromatic carbocycles. The quantitative estimate of drug-likeness (QED) is 0.664. The summed E-state index contributed by atoms with van der Waals surface area (Å²) in [4.78, 5) is 21.5. The average molecular weight is 395 g/mol. The van der Waals surface area contributed by atoms with E-state index in [-0.39, 0.29) is 5.91 Å². The molecule has 2 N–H and O–H groups in total. The molecule has 2 atom stereocenters. The van der Waals surface area contributed by atoms with E-state index in [0.29, 0.717) is 35.6 Å². The normalized spacial score (nSPS) is 18.9. The van der Waals surface area contributed by atoms with Crippen LogP contribution < -0.4 is 5.32 Å². The van der Waals surface area contributed by atoms with Gasteiger partial charge in [-0.05, 0) is 32.3 Å². The van der Waals surface area contributed by atoms with Gasteiger partial charge in [-0.15, -0.1) is 0 Å². The van der Waals surface area contributed by atoms with Crippen molar-refractivity contribution in [3.05, 3.63) is 53.0 Å². The Balaban J connectivity index is 1.40. The molecular weight excluding hydrogens is 370 g/mol. The highest BCUT2D eigenvalue weighted by Crippen LogP contribution is 2.42. The van der Waals surface area contributed by atoms with Gasteiger partial charge in [-0.2, -0.15) is 10.2 Å². The molecule has 0 aliphatic heterocycles. The minimum atomic E-state index is -0.250. The number of anilines is 1. The molecule has 3 heterocycles. The van der Waals surface area contributed by atoms with Gasteiger partial charge in [0.2, 0.25) is 0 Å². The van der Waals surface area contributed by atoms with E-state index >= 15 is 0 Å². The van der Waals surface area contributed by atoms with Crippen molar-refractivity contribution in [2.45, 2.75) is 44.6 Å². The van der Waals surface area contributed by atoms with Gasteiger partial charge >= 0.3 is 0 Å². The second kappa shape index (κ2) is 8.12. The Bertz CT molecular complexity index is 993. The van der Waals surface area contributed by atoms with Gasteiger partial charge in [0.25, 0.3) is 5.91 Å². The summed E-state index contributed by atoms with van der Waals surface area (Å²) >= 11 is 0. The number of aryl methyl sites for hydroxylation is 2. The number of H-pyrrole nitrogens is 1. The van der Waals surface area contributed by atoms with Crippen LogP contribution in [-0.4, -0.2) is 43.0 Å². The number of hydrogen-bond acceptors (Lipinski definition) is 6. The first-order chi connectivity index (χ1) is 14.0. The monoisotopic (exact) mass is 395 g/mol. The Labute approximate surface area is 168 Å². The second-order valence-electron chi connectivity index (χ2n) is 7.53. The van der Waals surface area contributed by atoms with E-state index in [9.17, 15) is 4.79 Å². The Morgan fingerprint density at radius 2 is 2.10 bits per heavy atom. The van der Waals surface area contributed by atoms with Gasteiger partial charge < -0.3 is 10.1 Å². The minimum Gasteiger partial charge on any atom is -0.378 e. The Kier molecular flexibility index (Phi) is 5.39. The van der Waals surface area contributed by atoms with Gasteiger partial charge in [0, 0.05) is 50.1 Å². The number of nitrogens with zero attached hydrogens (tertiary/aromatic N) is 5. The zero-order valence-corrected chi connectivity index (χ0v) is 16.8. The summed E-state index contributed by atoms with van der Waals surface area (Å²) < 4.78 is 6.61. The number of amides is 1. The van der Waals surface area contributed by atoms with Crippen molar-refractivity contribution in [1.82, 2.24) is 29.9 Å². The van der Waals surface area contributed by atoms with Crippen LogP contribution in [0.3, 0.4) is 0 Å². The first kappa shape index (κ1) is 19.3. The lowest BCUT2D eigenvalue weighted by atomic mass is 10.00. The van der Waals surface area contributed by atoms with E-state index < -0.39 is 0 Å². The fourth-order valence-corrected chi connectivity index (χ4v) is 3.89. The molecule has 0 bridgehead atoms. The molecule has 1 aliphatic rings. The Morgan fingerprint density at radius 3 is 2.86 bits per heavy atom. The van der Waals surface area contributed by atoms with Crippen LogP contribution in [0.2, 0.25) is 0 Å². The van der Waals surface area contributed by atoms with E-state index in [0.717, 1.165) is 36.3 Å². The average Bonchev–Trinajstić information content (AvgIpc) is 3.42. The molecule has 1 aliphatic carbocycles. The summed E-state index contributed by atoms with van der Waals surface area (Å²) in [6, 6.07) is 3.63. The SMILES string of the molecule is COCc1cc(C(=O)Nc2cc([C@@H]3CC[C@H](c4cnc(C)cn4)C3)[nH]n2)n(C)n1. The van der Waals surface area contributed by atoms with Crippen LogP contribution in [0.4, 0.5) is 5.82 Å². The fraction of sp³-hybridized carbons (Fsp3) is 0.450. The zero-order valence-electron chi connectivity index (χ0n) is 16.8. The summed E-state index contributed by atoms with van der Waals surface area (Å²) in [5.41, 5.74) is 4.18. The van der Waals surface area contributed by atoms with Gasteiger partial charge in [-0.25, -0.2) is 0 Å². The van der Waals surface area contributed by atoms with Crippen molar-refractivity contribution in [2.75, 3.05) is 12.4 Å². The third-order valence-electron chi connectivity index (χ3n) is 5.39. The van der Waals surface area contributed by atoms with Gasteiger partial charge in [-0.3, -0.25) is 24.5 Å². The largest absolute Gasteiger partial charge is 0.378 e. The smallest absolute Gasteiger partial charge is 0.275 e. The van der Waals surface area contributed by atoms with Crippen LogP contribution in [0.1, 0.15) is 64.4 Å². The van der Waals surface area contributed by atoms with Crippen LogP contribution >= 0.6 is 0 Å². The number of rotatable bonds is 6. The first-order valence-electron chi connectivity index (χ1n) is 9.70. The highest BCUT2D eigenvalue weighted by atomic mass is 16.5. The maximum atomic E-state index is 12.6. The van der Waals surface area contributed by atoms with Crippen molar-refractivity contribution in [2.24, 2.45) is 7.05 Å². The summed E-state index contributed by atoms with van der Waals surface area (Å²) in [5, 5.41) is 14.5. The molecule has 1 amide bonds.